The van der Waals surface area contributed by atoms with Gasteiger partial charge in [-0.25, -0.2) is 17.2 Å². The number of alkyl halides is 2. The third-order valence-corrected chi connectivity index (χ3v) is 2.97. The van der Waals surface area contributed by atoms with Crippen molar-refractivity contribution in [3.63, 3.8) is 0 Å². The molecule has 2 N–H and O–H groups in total. The summed E-state index contributed by atoms with van der Waals surface area (Å²) in [5, 5.41) is 2.76. The second kappa shape index (κ2) is 5.71. The van der Waals surface area contributed by atoms with Crippen molar-refractivity contribution in [2.75, 3.05) is 16.3 Å². The Morgan fingerprint density at radius 2 is 1.94 bits per heavy atom. The quantitative estimate of drug-likeness (QED) is 0.879. The number of rotatable bonds is 5. The molecule has 0 aromatic heterocycles. The lowest BCUT2D eigenvalue weighted by molar-refractivity contribution is 0.131. The van der Waals surface area contributed by atoms with Crippen LogP contribution in [0, 0.1) is 0 Å². The van der Waals surface area contributed by atoms with Crippen LogP contribution in [0.2, 0.25) is 5.02 Å². The smallest absolute Gasteiger partial charge is 0.258 e. The highest BCUT2D eigenvalue weighted by atomic mass is 35.5. The van der Waals surface area contributed by atoms with Crippen LogP contribution in [0.25, 0.3) is 0 Å². The monoisotopic (exact) mass is 298 g/mol. The molecule has 1 unspecified atom stereocenters. The molecule has 0 bridgehead atoms. The van der Waals surface area contributed by atoms with Crippen LogP contribution in [-0.4, -0.2) is 27.1 Å². The minimum atomic E-state index is -3.42. The summed E-state index contributed by atoms with van der Waals surface area (Å²) >= 11 is 5.83. The fourth-order valence-corrected chi connectivity index (χ4v) is 1.95. The van der Waals surface area contributed by atoms with Gasteiger partial charge >= 0.3 is 0 Å². The lowest BCUT2D eigenvalue weighted by Crippen LogP contribution is -2.24. The van der Waals surface area contributed by atoms with Crippen molar-refractivity contribution >= 4 is 33.0 Å². The van der Waals surface area contributed by atoms with E-state index >= 15 is 0 Å². The minimum Gasteiger partial charge on any atom is -0.376 e. The van der Waals surface area contributed by atoms with Crippen LogP contribution >= 0.6 is 11.6 Å². The van der Waals surface area contributed by atoms with Crippen molar-refractivity contribution in [3.8, 4) is 0 Å². The topological polar surface area (TPSA) is 58.2 Å². The first-order valence-corrected chi connectivity index (χ1v) is 7.28. The summed E-state index contributed by atoms with van der Waals surface area (Å²) in [5.74, 6) is 0. The van der Waals surface area contributed by atoms with E-state index in [2.05, 4.69) is 10.0 Å². The highest BCUT2D eigenvalue weighted by molar-refractivity contribution is 7.92. The summed E-state index contributed by atoms with van der Waals surface area (Å²) in [5.41, 5.74) is 0.504. The number of nitrogens with one attached hydrogen (secondary N) is 2. The molecule has 0 spiro atoms. The predicted molar refractivity (Wildman–Crippen MR) is 69.0 cm³/mol. The van der Waals surface area contributed by atoms with E-state index in [0.29, 0.717) is 0 Å². The summed E-state index contributed by atoms with van der Waals surface area (Å²) in [6, 6.07) is 3.15. The van der Waals surface area contributed by atoms with Gasteiger partial charge in [-0.3, -0.25) is 4.72 Å². The third kappa shape index (κ3) is 4.66. The van der Waals surface area contributed by atoms with Crippen molar-refractivity contribution in [1.29, 1.82) is 0 Å². The van der Waals surface area contributed by atoms with Crippen LogP contribution in [0.5, 0.6) is 0 Å². The van der Waals surface area contributed by atoms with Crippen LogP contribution in [0.3, 0.4) is 0 Å². The molecule has 8 heteroatoms. The SMILES string of the molecule is CC(Nc1cc(NS(C)(=O)=O)ccc1Cl)C(F)F. The molecule has 1 aromatic carbocycles. The van der Waals surface area contributed by atoms with Crippen LogP contribution in [0.4, 0.5) is 20.2 Å². The van der Waals surface area contributed by atoms with Gasteiger partial charge in [0.05, 0.1) is 28.7 Å². The van der Waals surface area contributed by atoms with Gasteiger partial charge in [0.15, 0.2) is 0 Å². The molecule has 1 atom stereocenters. The van der Waals surface area contributed by atoms with Crippen molar-refractivity contribution in [2.45, 2.75) is 19.4 Å². The Balaban J connectivity index is 2.95. The molecule has 0 fully saturated rings. The molecule has 0 saturated heterocycles. The second-order valence-electron chi connectivity index (χ2n) is 3.84. The van der Waals surface area contributed by atoms with Gasteiger partial charge in [-0.2, -0.15) is 0 Å². The summed E-state index contributed by atoms with van der Waals surface area (Å²) in [6.07, 6.45) is -1.55. The molecule has 4 nitrogen and oxygen atoms in total. The normalized spacial score (nSPS) is 13.4. The summed E-state index contributed by atoms with van der Waals surface area (Å²) < 4.78 is 49.1. The number of hydrogen-bond donors (Lipinski definition) is 2. The maximum absolute atomic E-state index is 12.4. The Morgan fingerprint density at radius 1 is 1.33 bits per heavy atom. The Bertz CT molecular complexity index is 523. The zero-order chi connectivity index (χ0) is 13.9. The molecule has 0 aliphatic rings. The number of halogens is 3. The summed E-state index contributed by atoms with van der Waals surface area (Å²) in [4.78, 5) is 0. The van der Waals surface area contributed by atoms with Crippen LogP contribution in [0.1, 0.15) is 6.92 Å². The average molecular weight is 299 g/mol. The molecular weight excluding hydrogens is 286 g/mol. The lowest BCUT2D eigenvalue weighted by Gasteiger charge is -2.16. The zero-order valence-corrected chi connectivity index (χ0v) is 11.3. The Hall–Kier alpha value is -1.08. The average Bonchev–Trinajstić information content (AvgIpc) is 2.20. The van der Waals surface area contributed by atoms with Crippen LogP contribution < -0.4 is 10.0 Å². The fourth-order valence-electron chi connectivity index (χ4n) is 1.22. The van der Waals surface area contributed by atoms with Gasteiger partial charge in [-0.15, -0.1) is 0 Å². The molecule has 1 rings (SSSR count). The van der Waals surface area contributed by atoms with Gasteiger partial charge in [-0.1, -0.05) is 11.6 Å². The largest absolute Gasteiger partial charge is 0.376 e. The van der Waals surface area contributed by atoms with E-state index in [1.54, 1.807) is 0 Å². The van der Waals surface area contributed by atoms with Gasteiger partial charge in [0.1, 0.15) is 0 Å². The second-order valence-corrected chi connectivity index (χ2v) is 5.99. The summed E-state index contributed by atoms with van der Waals surface area (Å²) in [6.45, 7) is 1.30. The molecule has 102 valence electrons. The predicted octanol–water partition coefficient (Wildman–Crippen LogP) is 2.78. The van der Waals surface area contributed by atoms with Gasteiger partial charge in [0.2, 0.25) is 10.0 Å². The number of sulfonamides is 1. The minimum absolute atomic E-state index is 0.238. The van der Waals surface area contributed by atoms with E-state index in [1.807, 2.05) is 0 Å². The summed E-state index contributed by atoms with van der Waals surface area (Å²) in [7, 11) is -3.42. The highest BCUT2D eigenvalue weighted by Crippen LogP contribution is 2.27. The lowest BCUT2D eigenvalue weighted by atomic mass is 10.2. The Morgan fingerprint density at radius 3 is 2.44 bits per heavy atom. The van der Waals surface area contributed by atoms with Gasteiger partial charge in [0, 0.05) is 0 Å². The molecule has 0 radical (unpaired) electrons. The van der Waals surface area contributed by atoms with Crippen molar-refractivity contribution < 1.29 is 17.2 Å². The number of anilines is 2. The molecule has 0 heterocycles. The van der Waals surface area contributed by atoms with Gasteiger partial charge < -0.3 is 5.32 Å². The van der Waals surface area contributed by atoms with E-state index in [4.69, 9.17) is 11.6 Å². The molecule has 0 aliphatic heterocycles. The number of benzene rings is 1. The van der Waals surface area contributed by atoms with Crippen molar-refractivity contribution in [1.82, 2.24) is 0 Å². The molecule has 0 saturated carbocycles. The van der Waals surface area contributed by atoms with Gasteiger partial charge in [0.25, 0.3) is 6.43 Å². The third-order valence-electron chi connectivity index (χ3n) is 2.03. The first kappa shape index (κ1) is 15.0. The van der Waals surface area contributed by atoms with Crippen LogP contribution in [0.15, 0.2) is 18.2 Å². The van der Waals surface area contributed by atoms with E-state index in [-0.39, 0.29) is 16.4 Å². The van der Waals surface area contributed by atoms with Crippen molar-refractivity contribution in [2.24, 2.45) is 0 Å². The van der Waals surface area contributed by atoms with Crippen molar-refractivity contribution in [3.05, 3.63) is 23.2 Å². The molecular formula is C10H13ClF2N2O2S. The molecule has 18 heavy (non-hydrogen) atoms. The first-order valence-electron chi connectivity index (χ1n) is 5.01. The van der Waals surface area contributed by atoms with Gasteiger partial charge in [-0.05, 0) is 25.1 Å². The first-order chi connectivity index (χ1) is 8.19. The molecule has 1 aromatic rings. The molecule has 0 aliphatic carbocycles. The van der Waals surface area contributed by atoms with E-state index in [0.717, 1.165) is 6.26 Å². The van der Waals surface area contributed by atoms with E-state index < -0.39 is 22.5 Å². The Kier molecular flexibility index (Phi) is 4.75. The standard InChI is InChI=1S/C10H13ClF2N2O2S/c1-6(10(12)13)14-9-5-7(3-4-8(9)11)15-18(2,16)17/h3-6,10,14-15H,1-2H3. The maximum Gasteiger partial charge on any atom is 0.258 e. The highest BCUT2D eigenvalue weighted by Gasteiger charge is 2.15. The maximum atomic E-state index is 12.4. The number of hydrogen-bond acceptors (Lipinski definition) is 3. The molecule has 0 amide bonds. The zero-order valence-electron chi connectivity index (χ0n) is 9.75. The van der Waals surface area contributed by atoms with E-state index in [1.165, 1.54) is 25.1 Å². The van der Waals surface area contributed by atoms with Crippen LogP contribution in [-0.2, 0) is 10.0 Å². The Labute approximate surface area is 109 Å². The van der Waals surface area contributed by atoms with E-state index in [9.17, 15) is 17.2 Å². The fraction of sp³-hybridized carbons (Fsp3) is 0.400.